The van der Waals surface area contributed by atoms with E-state index >= 15 is 4.39 Å². The minimum Gasteiger partial charge on any atom is -0.556 e. The molecule has 0 aliphatic rings. The van der Waals surface area contributed by atoms with Crippen molar-refractivity contribution in [1.82, 2.24) is 0 Å². The molecule has 0 aliphatic carbocycles. The Labute approximate surface area is 169 Å². The summed E-state index contributed by atoms with van der Waals surface area (Å²) in [5.74, 6) is -2.73. The summed E-state index contributed by atoms with van der Waals surface area (Å²) in [4.78, 5) is 0. The first-order valence-electron chi connectivity index (χ1n) is 7.98. The fraction of sp³-hybridized carbons (Fsp3) is 0.333. The van der Waals surface area contributed by atoms with E-state index in [0.717, 1.165) is 6.07 Å². The summed E-state index contributed by atoms with van der Waals surface area (Å²) in [6, 6.07) is 5.48. The molecule has 2 aromatic rings. The van der Waals surface area contributed by atoms with Crippen molar-refractivity contribution in [1.29, 1.82) is 0 Å². The predicted molar refractivity (Wildman–Crippen MR) is 106 cm³/mol. The number of benzene rings is 2. The maximum Gasteiger partial charge on any atom is 0.172 e. The highest BCUT2D eigenvalue weighted by atomic mass is 79.9. The Bertz CT molecular complexity index is 810. The molecule has 0 amide bonds. The van der Waals surface area contributed by atoms with Crippen LogP contribution in [0.3, 0.4) is 0 Å². The minimum absolute atomic E-state index is 0.0304. The van der Waals surface area contributed by atoms with Crippen LogP contribution in [0.5, 0.6) is 5.75 Å². The second-order valence-corrected chi connectivity index (χ2v) is 12.7. The number of hydrogen-bond donors (Lipinski definition) is 0. The van der Waals surface area contributed by atoms with Crippen molar-refractivity contribution >= 4 is 40.2 Å². The first-order valence-corrected chi connectivity index (χ1v) is 13.0. The third kappa shape index (κ3) is 4.71. The van der Waals surface area contributed by atoms with Gasteiger partial charge >= 0.3 is 0 Å². The van der Waals surface area contributed by atoms with Crippen LogP contribution in [0.2, 0.25) is 19.6 Å². The summed E-state index contributed by atoms with van der Waals surface area (Å²) < 4.78 is 55.8. The monoisotopic (exact) mass is 510 g/mol. The van der Waals surface area contributed by atoms with Gasteiger partial charge in [-0.3, -0.25) is 0 Å². The lowest BCUT2D eigenvalue weighted by Gasteiger charge is -2.38. The molecule has 0 fully saturated rings. The average molecular weight is 512 g/mol. The molecule has 1 unspecified atom stereocenters. The number of ether oxygens (including phenoxy) is 1. The first-order chi connectivity index (χ1) is 12.1. The third-order valence-corrected chi connectivity index (χ3v) is 5.79. The van der Waals surface area contributed by atoms with Crippen LogP contribution in [0.15, 0.2) is 33.2 Å². The second-order valence-electron chi connectivity index (χ2n) is 6.57. The molecule has 0 spiro atoms. The molecule has 8 heteroatoms. The molecule has 0 aromatic heterocycles. The van der Waals surface area contributed by atoms with Gasteiger partial charge in [-0.05, 0) is 39.5 Å². The molecule has 143 valence electrons. The van der Waals surface area contributed by atoms with Crippen molar-refractivity contribution in [2.75, 3.05) is 6.61 Å². The van der Waals surface area contributed by atoms with E-state index in [4.69, 9.17) is 9.16 Å². The predicted octanol–water partition coefficient (Wildman–Crippen LogP) is 6.97. The standard InChI is InChI=1S/C18H19Br2F3O2Si/c1-5-24-13-9-7-11(20)15(17(13)23)18(25-26(2,3)4)14-10(19)6-8-12(21)16(14)22/h6-9,18H,5H2,1-4H3/q-1. The van der Waals surface area contributed by atoms with E-state index in [1.807, 2.05) is 19.6 Å². The highest BCUT2D eigenvalue weighted by molar-refractivity contribution is 9.10. The zero-order chi connectivity index (χ0) is 19.6. The maximum atomic E-state index is 15.1. The topological polar surface area (TPSA) is 18.5 Å². The number of rotatable bonds is 6. The van der Waals surface area contributed by atoms with Crippen molar-refractivity contribution in [2.24, 2.45) is 0 Å². The summed E-state index contributed by atoms with van der Waals surface area (Å²) in [5, 5.41) is 0. The molecule has 1 atom stereocenters. The zero-order valence-corrected chi connectivity index (χ0v) is 19.0. The van der Waals surface area contributed by atoms with Crippen molar-refractivity contribution in [3.05, 3.63) is 61.8 Å². The van der Waals surface area contributed by atoms with Gasteiger partial charge in [-0.15, -0.1) is 19.6 Å². The molecule has 0 bridgehead atoms. The number of halogens is 5. The quantitative estimate of drug-likeness (QED) is 0.308. The Morgan fingerprint density at radius 1 is 0.923 bits per heavy atom. The summed E-state index contributed by atoms with van der Waals surface area (Å²) in [5.41, 5.74) is -0.00996. The van der Waals surface area contributed by atoms with Crippen LogP contribution in [0, 0.1) is 17.5 Å². The summed E-state index contributed by atoms with van der Waals surface area (Å²) in [6.07, 6.45) is -1.14. The second kappa shape index (κ2) is 8.46. The highest BCUT2D eigenvalue weighted by Crippen LogP contribution is 2.42. The molecule has 26 heavy (non-hydrogen) atoms. The minimum atomic E-state index is -2.27. The van der Waals surface area contributed by atoms with Crippen molar-refractivity contribution in [3.63, 3.8) is 0 Å². The van der Waals surface area contributed by atoms with Gasteiger partial charge in [0.1, 0.15) is 0 Å². The molecule has 0 radical (unpaired) electrons. The van der Waals surface area contributed by atoms with E-state index in [2.05, 4.69) is 31.9 Å². The van der Waals surface area contributed by atoms with E-state index in [0.29, 0.717) is 8.95 Å². The lowest BCUT2D eigenvalue weighted by Crippen LogP contribution is -2.30. The van der Waals surface area contributed by atoms with E-state index in [1.54, 1.807) is 13.0 Å². The molecular formula is C18H19Br2F3O2Si-. The van der Waals surface area contributed by atoms with Crippen LogP contribution in [0.25, 0.3) is 0 Å². The van der Waals surface area contributed by atoms with Crippen LogP contribution in [-0.2, 0) is 4.43 Å². The van der Waals surface area contributed by atoms with Crippen molar-refractivity contribution in [2.45, 2.75) is 32.7 Å². The Morgan fingerprint density at radius 3 is 2.00 bits per heavy atom. The first kappa shape index (κ1) is 21.5. The average Bonchev–Trinajstić information content (AvgIpc) is 2.53. The van der Waals surface area contributed by atoms with Crippen LogP contribution in [-0.4, -0.2) is 14.9 Å². The summed E-state index contributed by atoms with van der Waals surface area (Å²) in [6.45, 7) is 7.69. The van der Waals surface area contributed by atoms with Crippen molar-refractivity contribution in [3.8, 4) is 5.75 Å². The maximum absolute atomic E-state index is 15.1. The lowest BCUT2D eigenvalue weighted by atomic mass is 10.00. The normalized spacial score (nSPS) is 13.0. The molecular weight excluding hydrogens is 493 g/mol. The van der Waals surface area contributed by atoms with Crippen LogP contribution >= 0.6 is 31.9 Å². The van der Waals surface area contributed by atoms with Gasteiger partial charge in [0.15, 0.2) is 23.2 Å². The smallest absolute Gasteiger partial charge is 0.172 e. The van der Waals surface area contributed by atoms with E-state index in [9.17, 15) is 8.78 Å². The molecule has 2 nitrogen and oxygen atoms in total. The van der Waals surface area contributed by atoms with Crippen LogP contribution in [0.4, 0.5) is 13.2 Å². The van der Waals surface area contributed by atoms with E-state index in [-0.39, 0.29) is 23.5 Å². The molecule has 0 aliphatic heterocycles. The molecule has 0 N–H and O–H groups in total. The Hall–Kier alpha value is -0.833. The lowest BCUT2D eigenvalue weighted by molar-refractivity contribution is 0.222. The number of hydrogen-bond acceptors (Lipinski definition) is 2. The van der Waals surface area contributed by atoms with E-state index < -0.39 is 31.9 Å². The van der Waals surface area contributed by atoms with Gasteiger partial charge in [0.05, 0.1) is 12.7 Å². The molecule has 0 saturated carbocycles. The largest absolute Gasteiger partial charge is 0.556 e. The van der Waals surface area contributed by atoms with Gasteiger partial charge in [-0.2, -0.15) is 0 Å². The van der Waals surface area contributed by atoms with Crippen molar-refractivity contribution < 1.29 is 22.3 Å². The summed E-state index contributed by atoms with van der Waals surface area (Å²) in [7, 11) is -2.27. The molecule has 2 aromatic carbocycles. The fourth-order valence-corrected chi connectivity index (χ4v) is 4.43. The van der Waals surface area contributed by atoms with Gasteiger partial charge < -0.3 is 9.16 Å². The van der Waals surface area contributed by atoms with Crippen LogP contribution in [0.1, 0.15) is 24.2 Å². The Balaban J connectivity index is 2.76. The van der Waals surface area contributed by atoms with Gasteiger partial charge in [-0.25, -0.2) is 13.2 Å². The van der Waals surface area contributed by atoms with Gasteiger partial charge in [0.25, 0.3) is 0 Å². The van der Waals surface area contributed by atoms with Gasteiger partial charge in [0, 0.05) is 20.1 Å². The Morgan fingerprint density at radius 2 is 1.46 bits per heavy atom. The summed E-state index contributed by atoms with van der Waals surface area (Å²) >= 11 is 6.56. The fourth-order valence-electron chi connectivity index (χ4n) is 2.46. The van der Waals surface area contributed by atoms with E-state index in [1.165, 1.54) is 12.1 Å². The molecule has 0 saturated heterocycles. The zero-order valence-electron chi connectivity index (χ0n) is 14.8. The highest BCUT2D eigenvalue weighted by Gasteiger charge is 2.29. The molecule has 0 heterocycles. The SMILES string of the molecule is CCOc1ccc(Br)c(C(O[Si-](C)(C)C)c2c(Br)ccc(F)c2F)c1F. The van der Waals surface area contributed by atoms with Crippen LogP contribution < -0.4 is 4.74 Å². The third-order valence-electron chi connectivity index (χ3n) is 3.47. The Kier molecular flexibility index (Phi) is 6.98. The van der Waals surface area contributed by atoms with Gasteiger partial charge in [-0.1, -0.05) is 31.9 Å². The molecule has 2 rings (SSSR count). The van der Waals surface area contributed by atoms with Gasteiger partial charge in [0.2, 0.25) is 0 Å².